The standard InChI is InChI=1S/C12H10ClNO2.ClH/c13-11-5-3-10(4-6-11)9-16-14-7-1-2-12(15)8-14;/h1-8H,9H2;1H. The molecule has 17 heavy (non-hydrogen) atoms. The van der Waals surface area contributed by atoms with Crippen molar-refractivity contribution in [2.75, 3.05) is 0 Å². The number of pyridine rings is 1. The highest BCUT2D eigenvalue weighted by Gasteiger charge is 2.03. The summed E-state index contributed by atoms with van der Waals surface area (Å²) < 4.78 is 1.46. The molecule has 0 fully saturated rings. The van der Waals surface area contributed by atoms with Crippen LogP contribution >= 0.6 is 11.6 Å². The van der Waals surface area contributed by atoms with Gasteiger partial charge in [-0.3, -0.25) is 4.84 Å². The lowest BCUT2D eigenvalue weighted by atomic mass is 10.2. The third-order valence-electron chi connectivity index (χ3n) is 2.05. The molecular formula is C12H11Cl2NO2. The van der Waals surface area contributed by atoms with Crippen LogP contribution in [0.15, 0.2) is 48.8 Å². The number of aromatic nitrogens is 1. The Labute approximate surface area is 111 Å². The van der Waals surface area contributed by atoms with Crippen molar-refractivity contribution in [1.82, 2.24) is 0 Å². The summed E-state index contributed by atoms with van der Waals surface area (Å²) in [6, 6.07) is 10.7. The molecule has 3 nitrogen and oxygen atoms in total. The van der Waals surface area contributed by atoms with Gasteiger partial charge in [-0.05, 0) is 23.8 Å². The second-order valence-electron chi connectivity index (χ2n) is 3.32. The van der Waals surface area contributed by atoms with E-state index in [1.54, 1.807) is 18.3 Å². The highest BCUT2D eigenvalue weighted by molar-refractivity contribution is 6.30. The second-order valence-corrected chi connectivity index (χ2v) is 3.76. The molecule has 0 atom stereocenters. The maximum atomic E-state index is 9.23. The Balaban J connectivity index is 0.00000144. The zero-order valence-corrected chi connectivity index (χ0v) is 10.4. The van der Waals surface area contributed by atoms with Gasteiger partial charge in [0.25, 0.3) is 6.20 Å². The van der Waals surface area contributed by atoms with E-state index in [1.165, 1.54) is 10.9 Å². The molecule has 1 aromatic heterocycles. The molecular weight excluding hydrogens is 261 g/mol. The molecule has 1 N–H and O–H groups in total. The molecule has 0 radical (unpaired) electrons. The van der Waals surface area contributed by atoms with E-state index in [9.17, 15) is 5.11 Å². The Bertz CT molecular complexity index is 474. The van der Waals surface area contributed by atoms with Crippen LogP contribution < -0.4 is 22.0 Å². The first kappa shape index (κ1) is 13.6. The number of aromatic hydroxyl groups is 1. The minimum absolute atomic E-state index is 0. The summed E-state index contributed by atoms with van der Waals surface area (Å²) in [4.78, 5) is 5.43. The Kier molecular flexibility index (Phi) is 5.07. The normalized spacial score (nSPS) is 9.47. The van der Waals surface area contributed by atoms with Gasteiger partial charge in [0.2, 0.25) is 6.20 Å². The minimum Gasteiger partial charge on any atom is -1.00 e. The average Bonchev–Trinajstić information content (AvgIpc) is 2.28. The number of halogens is 2. The van der Waals surface area contributed by atoms with Crippen LogP contribution in [0.2, 0.25) is 5.02 Å². The predicted molar refractivity (Wildman–Crippen MR) is 60.0 cm³/mol. The van der Waals surface area contributed by atoms with Crippen molar-refractivity contribution in [3.63, 3.8) is 0 Å². The number of nitrogens with zero attached hydrogens (tertiary/aromatic N) is 1. The SMILES string of the molecule is Oc1ccc[n+](OCc2ccc(Cl)cc2)c1.[Cl-]. The summed E-state index contributed by atoms with van der Waals surface area (Å²) in [6.07, 6.45) is 3.21. The Morgan fingerprint density at radius 3 is 2.53 bits per heavy atom. The summed E-state index contributed by atoms with van der Waals surface area (Å²) in [5.74, 6) is 0.165. The van der Waals surface area contributed by atoms with Gasteiger partial charge >= 0.3 is 0 Å². The fraction of sp³-hybridized carbons (Fsp3) is 0.0833. The highest BCUT2D eigenvalue weighted by atomic mass is 35.5. The molecule has 90 valence electrons. The van der Waals surface area contributed by atoms with E-state index < -0.39 is 0 Å². The number of benzene rings is 1. The van der Waals surface area contributed by atoms with Crippen LogP contribution in [-0.2, 0) is 6.61 Å². The van der Waals surface area contributed by atoms with Gasteiger partial charge in [-0.25, -0.2) is 0 Å². The van der Waals surface area contributed by atoms with Crippen LogP contribution in [-0.4, -0.2) is 5.11 Å². The molecule has 0 saturated heterocycles. The molecule has 2 rings (SSSR count). The van der Waals surface area contributed by atoms with Crippen molar-refractivity contribution in [3.05, 3.63) is 59.4 Å². The van der Waals surface area contributed by atoms with Crippen LogP contribution in [0.5, 0.6) is 5.75 Å². The molecule has 0 unspecified atom stereocenters. The maximum Gasteiger partial charge on any atom is 0.263 e. The van der Waals surface area contributed by atoms with Gasteiger partial charge < -0.3 is 17.5 Å². The van der Waals surface area contributed by atoms with E-state index in [4.69, 9.17) is 16.4 Å². The van der Waals surface area contributed by atoms with E-state index >= 15 is 0 Å². The third-order valence-corrected chi connectivity index (χ3v) is 2.31. The van der Waals surface area contributed by atoms with Crippen molar-refractivity contribution in [3.8, 4) is 5.75 Å². The van der Waals surface area contributed by atoms with Gasteiger partial charge in [0.05, 0.1) is 0 Å². The van der Waals surface area contributed by atoms with Crippen LogP contribution in [0.25, 0.3) is 0 Å². The van der Waals surface area contributed by atoms with Gasteiger partial charge in [0.15, 0.2) is 12.4 Å². The van der Waals surface area contributed by atoms with E-state index in [0.29, 0.717) is 11.6 Å². The van der Waals surface area contributed by atoms with E-state index in [1.807, 2.05) is 24.3 Å². The fourth-order valence-corrected chi connectivity index (χ4v) is 1.38. The Morgan fingerprint density at radius 2 is 1.88 bits per heavy atom. The number of rotatable bonds is 3. The molecule has 2 aromatic rings. The fourth-order valence-electron chi connectivity index (χ4n) is 1.25. The van der Waals surface area contributed by atoms with Crippen molar-refractivity contribution in [2.24, 2.45) is 0 Å². The van der Waals surface area contributed by atoms with Gasteiger partial charge in [0, 0.05) is 15.8 Å². The summed E-state index contributed by atoms with van der Waals surface area (Å²) in [7, 11) is 0. The van der Waals surface area contributed by atoms with Gasteiger partial charge in [-0.15, -0.1) is 0 Å². The Morgan fingerprint density at radius 1 is 1.18 bits per heavy atom. The van der Waals surface area contributed by atoms with Gasteiger partial charge in [-0.2, -0.15) is 0 Å². The van der Waals surface area contributed by atoms with Gasteiger partial charge in [-0.1, -0.05) is 23.7 Å². The quantitative estimate of drug-likeness (QED) is 0.725. The molecule has 0 bridgehead atoms. The van der Waals surface area contributed by atoms with Crippen molar-refractivity contribution in [2.45, 2.75) is 6.61 Å². The molecule has 1 aromatic carbocycles. The predicted octanol–water partition coefficient (Wildman–Crippen LogP) is -1.03. The lowest BCUT2D eigenvalue weighted by molar-refractivity contribution is -0.895. The third kappa shape index (κ3) is 4.13. The average molecular weight is 272 g/mol. The maximum absolute atomic E-state index is 9.23. The molecule has 0 aliphatic carbocycles. The van der Waals surface area contributed by atoms with Crippen molar-refractivity contribution < 1.29 is 27.1 Å². The summed E-state index contributed by atoms with van der Waals surface area (Å²) >= 11 is 5.77. The lowest BCUT2D eigenvalue weighted by Crippen LogP contribution is -3.00. The smallest absolute Gasteiger partial charge is 0.263 e. The summed E-state index contributed by atoms with van der Waals surface area (Å²) in [6.45, 7) is 0.422. The lowest BCUT2D eigenvalue weighted by Gasteiger charge is -1.99. The van der Waals surface area contributed by atoms with Crippen molar-refractivity contribution >= 4 is 11.6 Å². The van der Waals surface area contributed by atoms with Crippen LogP contribution in [0.4, 0.5) is 0 Å². The Hall–Kier alpha value is -1.45. The first-order valence-corrected chi connectivity index (χ1v) is 5.20. The monoisotopic (exact) mass is 271 g/mol. The zero-order chi connectivity index (χ0) is 11.4. The molecule has 0 saturated carbocycles. The van der Waals surface area contributed by atoms with Gasteiger partial charge in [0.1, 0.15) is 0 Å². The number of hydrogen-bond donors (Lipinski definition) is 1. The summed E-state index contributed by atoms with van der Waals surface area (Å²) in [5.41, 5.74) is 1.01. The molecule has 0 spiro atoms. The van der Waals surface area contributed by atoms with Crippen LogP contribution in [0.3, 0.4) is 0 Å². The molecule has 1 heterocycles. The second kappa shape index (κ2) is 6.33. The summed E-state index contributed by atoms with van der Waals surface area (Å²) in [5, 5.41) is 9.93. The molecule has 0 aliphatic heterocycles. The highest BCUT2D eigenvalue weighted by Crippen LogP contribution is 2.09. The minimum atomic E-state index is 0. The first-order valence-electron chi connectivity index (χ1n) is 4.82. The topological polar surface area (TPSA) is 33.3 Å². The van der Waals surface area contributed by atoms with Crippen LogP contribution in [0, 0.1) is 0 Å². The van der Waals surface area contributed by atoms with E-state index in [-0.39, 0.29) is 18.2 Å². The molecule has 5 heteroatoms. The van der Waals surface area contributed by atoms with E-state index in [2.05, 4.69) is 0 Å². The number of hydrogen-bond acceptors (Lipinski definition) is 2. The first-order chi connectivity index (χ1) is 7.74. The van der Waals surface area contributed by atoms with E-state index in [0.717, 1.165) is 5.56 Å². The molecule has 0 amide bonds. The zero-order valence-electron chi connectivity index (χ0n) is 8.88. The largest absolute Gasteiger partial charge is 1.00 e. The molecule has 0 aliphatic rings. The van der Waals surface area contributed by atoms with Crippen LogP contribution in [0.1, 0.15) is 5.56 Å². The van der Waals surface area contributed by atoms with Crippen molar-refractivity contribution in [1.29, 1.82) is 0 Å².